The molecular formula is C19H23NS. The van der Waals surface area contributed by atoms with Crippen molar-refractivity contribution < 1.29 is 0 Å². The van der Waals surface area contributed by atoms with Gasteiger partial charge in [-0.1, -0.05) is 23.9 Å². The summed E-state index contributed by atoms with van der Waals surface area (Å²) in [5.41, 5.74) is 5.53. The highest BCUT2D eigenvalue weighted by Crippen LogP contribution is 2.30. The van der Waals surface area contributed by atoms with Gasteiger partial charge in [-0.3, -0.25) is 0 Å². The molecule has 0 aromatic heterocycles. The second-order valence-electron chi connectivity index (χ2n) is 6.09. The molecule has 1 aliphatic rings. The highest BCUT2D eigenvalue weighted by molar-refractivity contribution is 7.99. The molecule has 0 bridgehead atoms. The van der Waals surface area contributed by atoms with E-state index >= 15 is 0 Å². The minimum Gasteiger partial charge on any atom is -0.310 e. The summed E-state index contributed by atoms with van der Waals surface area (Å²) in [7, 11) is 0. The lowest BCUT2D eigenvalue weighted by molar-refractivity contribution is 0.685. The maximum absolute atomic E-state index is 3.59. The topological polar surface area (TPSA) is 12.0 Å². The van der Waals surface area contributed by atoms with Crippen LogP contribution in [-0.2, 0) is 6.54 Å². The van der Waals surface area contributed by atoms with E-state index in [9.17, 15) is 0 Å². The van der Waals surface area contributed by atoms with Gasteiger partial charge in [-0.05, 0) is 80.1 Å². The average molecular weight is 297 g/mol. The van der Waals surface area contributed by atoms with Gasteiger partial charge in [0, 0.05) is 22.4 Å². The molecule has 110 valence electrons. The molecule has 1 nitrogen and oxygen atoms in total. The summed E-state index contributed by atoms with van der Waals surface area (Å²) in [6, 6.07) is 14.3. The summed E-state index contributed by atoms with van der Waals surface area (Å²) < 4.78 is 0. The van der Waals surface area contributed by atoms with Crippen LogP contribution in [0.1, 0.15) is 35.1 Å². The van der Waals surface area contributed by atoms with Crippen molar-refractivity contribution in [3.63, 3.8) is 0 Å². The molecule has 1 N–H and O–H groups in total. The van der Waals surface area contributed by atoms with Crippen molar-refractivity contribution in [3.05, 3.63) is 58.7 Å². The predicted octanol–water partition coefficient (Wildman–Crippen LogP) is 5.02. The summed E-state index contributed by atoms with van der Waals surface area (Å²) in [4.78, 5) is 2.65. The first-order chi connectivity index (χ1) is 10.1. The Morgan fingerprint density at radius 2 is 1.57 bits per heavy atom. The monoisotopic (exact) mass is 297 g/mol. The van der Waals surface area contributed by atoms with Crippen LogP contribution in [0, 0.1) is 20.8 Å². The van der Waals surface area contributed by atoms with E-state index in [-0.39, 0.29) is 0 Å². The fourth-order valence-electron chi connectivity index (χ4n) is 2.39. The molecule has 0 amide bonds. The quantitative estimate of drug-likeness (QED) is 0.832. The fourth-order valence-corrected chi connectivity index (χ4v) is 3.40. The molecule has 1 fully saturated rings. The lowest BCUT2D eigenvalue weighted by Gasteiger charge is -2.10. The van der Waals surface area contributed by atoms with Crippen molar-refractivity contribution in [3.8, 4) is 0 Å². The van der Waals surface area contributed by atoms with E-state index in [2.05, 4.69) is 62.5 Å². The third-order valence-electron chi connectivity index (χ3n) is 4.19. The number of hydrogen-bond acceptors (Lipinski definition) is 2. The highest BCUT2D eigenvalue weighted by Gasteiger charge is 2.20. The minimum absolute atomic E-state index is 0.772. The molecule has 2 heteroatoms. The Bertz CT molecular complexity index is 644. The number of benzene rings is 2. The van der Waals surface area contributed by atoms with E-state index < -0.39 is 0 Å². The van der Waals surface area contributed by atoms with E-state index in [1.165, 1.54) is 44.9 Å². The molecule has 3 rings (SSSR count). The fraction of sp³-hybridized carbons (Fsp3) is 0.368. The molecule has 0 radical (unpaired) electrons. The number of rotatable bonds is 5. The van der Waals surface area contributed by atoms with Crippen LogP contribution in [0.15, 0.2) is 46.2 Å². The molecule has 0 spiro atoms. The van der Waals surface area contributed by atoms with Gasteiger partial charge in [-0.25, -0.2) is 0 Å². The normalized spacial score (nSPS) is 14.4. The minimum atomic E-state index is 0.772. The van der Waals surface area contributed by atoms with Gasteiger partial charge in [0.05, 0.1) is 0 Å². The maximum atomic E-state index is 3.59. The molecule has 1 aliphatic carbocycles. The first-order valence-electron chi connectivity index (χ1n) is 7.70. The van der Waals surface area contributed by atoms with E-state index in [1.807, 2.05) is 11.8 Å². The van der Waals surface area contributed by atoms with E-state index in [4.69, 9.17) is 0 Å². The zero-order valence-corrected chi connectivity index (χ0v) is 13.9. The molecule has 0 heterocycles. The van der Waals surface area contributed by atoms with Gasteiger partial charge in [-0.15, -0.1) is 0 Å². The number of aryl methyl sites for hydroxylation is 3. The van der Waals surface area contributed by atoms with E-state index in [1.54, 1.807) is 0 Å². The molecule has 0 aliphatic heterocycles. The van der Waals surface area contributed by atoms with Gasteiger partial charge in [0.1, 0.15) is 0 Å². The first-order valence-corrected chi connectivity index (χ1v) is 8.51. The standard InChI is InChI=1S/C19H23NS/c1-13-4-8-18(10-14(13)2)21-19-9-5-16(15(3)11-19)12-20-17-6-7-17/h4-5,8-11,17,20H,6-7,12H2,1-3H3. The zero-order valence-electron chi connectivity index (χ0n) is 13.1. The highest BCUT2D eigenvalue weighted by atomic mass is 32.2. The van der Waals surface area contributed by atoms with Gasteiger partial charge in [0.2, 0.25) is 0 Å². The maximum Gasteiger partial charge on any atom is 0.0210 e. The van der Waals surface area contributed by atoms with E-state index in [0.29, 0.717) is 0 Å². The predicted molar refractivity (Wildman–Crippen MR) is 91.1 cm³/mol. The lowest BCUT2D eigenvalue weighted by Crippen LogP contribution is -2.15. The third-order valence-corrected chi connectivity index (χ3v) is 5.17. The zero-order chi connectivity index (χ0) is 14.8. The molecular weight excluding hydrogens is 274 g/mol. The van der Waals surface area contributed by atoms with Crippen molar-refractivity contribution in [2.24, 2.45) is 0 Å². The largest absolute Gasteiger partial charge is 0.310 e. The van der Waals surface area contributed by atoms with Crippen molar-refractivity contribution in [2.45, 2.75) is 56.0 Å². The number of hydrogen-bond donors (Lipinski definition) is 1. The smallest absolute Gasteiger partial charge is 0.0210 e. The molecule has 2 aromatic carbocycles. The first kappa shape index (κ1) is 14.7. The average Bonchev–Trinajstić information content (AvgIpc) is 3.26. The second kappa shape index (κ2) is 6.25. The molecule has 0 saturated heterocycles. The van der Waals surface area contributed by atoms with Gasteiger partial charge in [0.25, 0.3) is 0 Å². The molecule has 0 unspecified atom stereocenters. The summed E-state index contributed by atoms with van der Waals surface area (Å²) >= 11 is 1.85. The van der Waals surface area contributed by atoms with Crippen LogP contribution in [0.4, 0.5) is 0 Å². The Kier molecular flexibility index (Phi) is 4.37. The van der Waals surface area contributed by atoms with Crippen LogP contribution in [0.5, 0.6) is 0 Å². The van der Waals surface area contributed by atoms with Crippen LogP contribution in [0.2, 0.25) is 0 Å². The van der Waals surface area contributed by atoms with Crippen LogP contribution >= 0.6 is 11.8 Å². The second-order valence-corrected chi connectivity index (χ2v) is 7.24. The van der Waals surface area contributed by atoms with Crippen LogP contribution in [0.25, 0.3) is 0 Å². The van der Waals surface area contributed by atoms with Crippen molar-refractivity contribution in [1.82, 2.24) is 5.32 Å². The van der Waals surface area contributed by atoms with Gasteiger partial charge >= 0.3 is 0 Å². The van der Waals surface area contributed by atoms with Crippen LogP contribution < -0.4 is 5.32 Å². The van der Waals surface area contributed by atoms with Gasteiger partial charge in [-0.2, -0.15) is 0 Å². The summed E-state index contributed by atoms with van der Waals surface area (Å²) in [6.45, 7) is 7.56. The van der Waals surface area contributed by atoms with Crippen molar-refractivity contribution in [2.75, 3.05) is 0 Å². The summed E-state index contributed by atoms with van der Waals surface area (Å²) in [6.07, 6.45) is 2.69. The molecule has 21 heavy (non-hydrogen) atoms. The van der Waals surface area contributed by atoms with Gasteiger partial charge in [0.15, 0.2) is 0 Å². The summed E-state index contributed by atoms with van der Waals surface area (Å²) in [5, 5.41) is 3.59. The third kappa shape index (κ3) is 3.90. The Labute approximate surface area is 132 Å². The Morgan fingerprint density at radius 3 is 2.19 bits per heavy atom. The van der Waals surface area contributed by atoms with Gasteiger partial charge < -0.3 is 5.32 Å². The Balaban J connectivity index is 1.70. The Hall–Kier alpha value is -1.25. The van der Waals surface area contributed by atoms with Crippen LogP contribution in [-0.4, -0.2) is 6.04 Å². The van der Waals surface area contributed by atoms with Crippen molar-refractivity contribution in [1.29, 1.82) is 0 Å². The molecule has 2 aromatic rings. The van der Waals surface area contributed by atoms with Crippen molar-refractivity contribution >= 4 is 11.8 Å². The SMILES string of the molecule is Cc1ccc(Sc2ccc(CNC3CC3)c(C)c2)cc1C. The molecule has 1 saturated carbocycles. The van der Waals surface area contributed by atoms with E-state index in [0.717, 1.165) is 12.6 Å². The number of nitrogens with one attached hydrogen (secondary N) is 1. The lowest BCUT2D eigenvalue weighted by atomic mass is 10.1. The Morgan fingerprint density at radius 1 is 0.905 bits per heavy atom. The van der Waals surface area contributed by atoms with Crippen LogP contribution in [0.3, 0.4) is 0 Å². The molecule has 0 atom stereocenters. The summed E-state index contributed by atoms with van der Waals surface area (Å²) in [5.74, 6) is 0.